The first kappa shape index (κ1) is 15.1. The molecule has 1 fully saturated rings. The number of carbonyl (C=O) groups is 1. The van der Waals surface area contributed by atoms with Crippen molar-refractivity contribution in [3.8, 4) is 0 Å². The molecule has 0 radical (unpaired) electrons. The number of nitrogen functional groups attached to an aromatic ring is 1. The molecular formula is C14H24N4OS. The second-order valence-electron chi connectivity index (χ2n) is 5.26. The smallest absolute Gasteiger partial charge is 0.267 e. The summed E-state index contributed by atoms with van der Waals surface area (Å²) in [5.74, 6) is 1.15. The summed E-state index contributed by atoms with van der Waals surface area (Å²) >= 11 is 1.36. The molecule has 1 aliphatic heterocycles. The first-order valence-corrected chi connectivity index (χ1v) is 8.26. The molecule has 1 saturated heterocycles. The van der Waals surface area contributed by atoms with E-state index in [4.69, 9.17) is 5.73 Å². The molecule has 3 N–H and O–H groups in total. The highest BCUT2D eigenvalue weighted by Gasteiger charge is 2.24. The molecular weight excluding hydrogens is 272 g/mol. The molecule has 112 valence electrons. The van der Waals surface area contributed by atoms with Crippen molar-refractivity contribution in [3.05, 3.63) is 4.88 Å². The lowest BCUT2D eigenvalue weighted by Crippen LogP contribution is -2.31. The maximum Gasteiger partial charge on any atom is 0.267 e. The highest BCUT2D eigenvalue weighted by atomic mass is 32.1. The van der Waals surface area contributed by atoms with Gasteiger partial charge in [0, 0.05) is 19.6 Å². The summed E-state index contributed by atoms with van der Waals surface area (Å²) in [7, 11) is 0. The average Bonchev–Trinajstić information content (AvgIpc) is 2.66. The third kappa shape index (κ3) is 3.42. The molecule has 2 heterocycles. The number of thiazole rings is 1. The maximum atomic E-state index is 12.6. The largest absolute Gasteiger partial charge is 0.382 e. The number of rotatable bonds is 4. The zero-order chi connectivity index (χ0) is 14.5. The Bertz CT molecular complexity index is 460. The second kappa shape index (κ2) is 6.92. The lowest BCUT2D eigenvalue weighted by molar-refractivity contribution is 0.0765. The molecule has 1 unspecified atom stereocenters. The van der Waals surface area contributed by atoms with Crippen molar-refractivity contribution >= 4 is 28.2 Å². The van der Waals surface area contributed by atoms with Crippen LogP contribution in [0.2, 0.25) is 0 Å². The fraction of sp³-hybridized carbons (Fsp3) is 0.714. The molecule has 0 saturated carbocycles. The Morgan fingerprint density at radius 3 is 2.95 bits per heavy atom. The van der Waals surface area contributed by atoms with Crippen molar-refractivity contribution in [2.24, 2.45) is 5.92 Å². The molecule has 5 nitrogen and oxygen atoms in total. The number of hydrogen-bond donors (Lipinski definition) is 2. The molecule has 0 bridgehead atoms. The first-order valence-electron chi connectivity index (χ1n) is 7.45. The maximum absolute atomic E-state index is 12.6. The van der Waals surface area contributed by atoms with Crippen LogP contribution in [0.3, 0.4) is 0 Å². The third-order valence-electron chi connectivity index (χ3n) is 3.89. The minimum Gasteiger partial charge on any atom is -0.382 e. The van der Waals surface area contributed by atoms with Crippen LogP contribution in [-0.4, -0.2) is 35.4 Å². The normalized spacial score (nSPS) is 19.7. The molecule has 6 heteroatoms. The van der Waals surface area contributed by atoms with E-state index in [0.717, 1.165) is 43.5 Å². The Morgan fingerprint density at radius 2 is 2.25 bits per heavy atom. The van der Waals surface area contributed by atoms with Crippen molar-refractivity contribution in [3.63, 3.8) is 0 Å². The number of nitrogens with zero attached hydrogens (tertiary/aromatic N) is 2. The van der Waals surface area contributed by atoms with Crippen molar-refractivity contribution in [2.75, 3.05) is 30.7 Å². The number of carbonyl (C=O) groups excluding carboxylic acids is 1. The Balaban J connectivity index is 2.06. The summed E-state index contributed by atoms with van der Waals surface area (Å²) in [6, 6.07) is 0. The molecule has 0 aliphatic carbocycles. The van der Waals surface area contributed by atoms with Gasteiger partial charge in [0.05, 0.1) is 0 Å². The van der Waals surface area contributed by atoms with Gasteiger partial charge >= 0.3 is 0 Å². The zero-order valence-electron chi connectivity index (χ0n) is 12.3. The van der Waals surface area contributed by atoms with Gasteiger partial charge in [0.15, 0.2) is 5.13 Å². The van der Waals surface area contributed by atoms with Crippen LogP contribution in [0.25, 0.3) is 0 Å². The van der Waals surface area contributed by atoms with E-state index >= 15 is 0 Å². The Labute approximate surface area is 124 Å². The minimum atomic E-state index is 0.0425. The van der Waals surface area contributed by atoms with E-state index in [1.165, 1.54) is 24.2 Å². The Kier molecular flexibility index (Phi) is 5.23. The van der Waals surface area contributed by atoms with E-state index in [0.29, 0.717) is 10.7 Å². The number of hydrogen-bond acceptors (Lipinski definition) is 5. The minimum absolute atomic E-state index is 0.0425. The van der Waals surface area contributed by atoms with Gasteiger partial charge in [-0.25, -0.2) is 4.98 Å². The van der Waals surface area contributed by atoms with E-state index in [1.54, 1.807) is 0 Å². The van der Waals surface area contributed by atoms with Crippen LogP contribution in [0.1, 0.15) is 49.2 Å². The number of nitrogens with one attached hydrogen (secondary N) is 1. The first-order chi connectivity index (χ1) is 9.65. The highest BCUT2D eigenvalue weighted by Crippen LogP contribution is 2.28. The van der Waals surface area contributed by atoms with Gasteiger partial charge in [-0.3, -0.25) is 4.79 Å². The van der Waals surface area contributed by atoms with Gasteiger partial charge < -0.3 is 16.0 Å². The number of nitrogens with two attached hydrogens (primary N) is 1. The molecule has 1 aromatic heterocycles. The molecule has 1 atom stereocenters. The van der Waals surface area contributed by atoms with E-state index < -0.39 is 0 Å². The van der Waals surface area contributed by atoms with Crippen LogP contribution in [0.4, 0.5) is 10.9 Å². The summed E-state index contributed by atoms with van der Waals surface area (Å²) < 4.78 is 0. The predicted octanol–water partition coefficient (Wildman–Crippen LogP) is 2.81. The number of aromatic nitrogens is 1. The third-order valence-corrected chi connectivity index (χ3v) is 4.90. The van der Waals surface area contributed by atoms with Gasteiger partial charge in [0.2, 0.25) is 0 Å². The average molecular weight is 296 g/mol. The second-order valence-corrected chi connectivity index (χ2v) is 6.26. The standard InChI is InChI=1S/C14H24N4OS/c1-3-10-6-5-8-18(9-7-10)13(19)11-12(15)17-14(20-11)16-4-2/h10H,3-9,15H2,1-2H3,(H,16,17). The van der Waals surface area contributed by atoms with Gasteiger partial charge in [-0.05, 0) is 32.1 Å². The van der Waals surface area contributed by atoms with Crippen molar-refractivity contribution in [1.29, 1.82) is 0 Å². The van der Waals surface area contributed by atoms with Crippen LogP contribution in [0.5, 0.6) is 0 Å². The molecule has 0 spiro atoms. The van der Waals surface area contributed by atoms with Gasteiger partial charge in [-0.2, -0.15) is 0 Å². The number of likely N-dealkylation sites (tertiary alicyclic amines) is 1. The molecule has 2 rings (SSSR count). The number of anilines is 2. The van der Waals surface area contributed by atoms with E-state index in [9.17, 15) is 4.79 Å². The molecule has 20 heavy (non-hydrogen) atoms. The van der Waals surface area contributed by atoms with Gasteiger partial charge in [0.25, 0.3) is 5.91 Å². The van der Waals surface area contributed by atoms with Crippen LogP contribution in [0.15, 0.2) is 0 Å². The molecule has 1 aromatic rings. The number of amides is 1. The van der Waals surface area contributed by atoms with Gasteiger partial charge in [-0.1, -0.05) is 24.7 Å². The van der Waals surface area contributed by atoms with Crippen LogP contribution in [0, 0.1) is 5.92 Å². The van der Waals surface area contributed by atoms with Crippen LogP contribution < -0.4 is 11.1 Å². The fourth-order valence-corrected chi connectivity index (χ4v) is 3.55. The molecule has 1 amide bonds. The predicted molar refractivity (Wildman–Crippen MR) is 84.2 cm³/mol. The van der Waals surface area contributed by atoms with Crippen LogP contribution in [-0.2, 0) is 0 Å². The van der Waals surface area contributed by atoms with Crippen LogP contribution >= 0.6 is 11.3 Å². The molecule has 0 aromatic carbocycles. The quantitative estimate of drug-likeness (QED) is 0.896. The summed E-state index contributed by atoms with van der Waals surface area (Å²) in [5, 5.41) is 3.84. The van der Waals surface area contributed by atoms with Gasteiger partial charge in [-0.15, -0.1) is 0 Å². The zero-order valence-corrected chi connectivity index (χ0v) is 13.1. The van der Waals surface area contributed by atoms with E-state index in [2.05, 4.69) is 17.2 Å². The summed E-state index contributed by atoms with van der Waals surface area (Å²) in [6.45, 7) is 6.68. The lowest BCUT2D eigenvalue weighted by Gasteiger charge is -2.19. The lowest BCUT2D eigenvalue weighted by atomic mass is 9.98. The summed E-state index contributed by atoms with van der Waals surface area (Å²) in [4.78, 5) is 19.3. The summed E-state index contributed by atoms with van der Waals surface area (Å²) in [6.07, 6.45) is 4.61. The topological polar surface area (TPSA) is 71.2 Å². The van der Waals surface area contributed by atoms with E-state index in [-0.39, 0.29) is 5.91 Å². The highest BCUT2D eigenvalue weighted by molar-refractivity contribution is 7.18. The SMILES string of the molecule is CCNc1nc(N)c(C(=O)N2CCCC(CC)CC2)s1. The van der Waals surface area contributed by atoms with Gasteiger partial charge in [0.1, 0.15) is 10.7 Å². The Morgan fingerprint density at radius 1 is 1.45 bits per heavy atom. The van der Waals surface area contributed by atoms with Crippen molar-refractivity contribution in [2.45, 2.75) is 39.5 Å². The summed E-state index contributed by atoms with van der Waals surface area (Å²) in [5.41, 5.74) is 5.88. The fourth-order valence-electron chi connectivity index (χ4n) is 2.63. The van der Waals surface area contributed by atoms with Crippen molar-refractivity contribution < 1.29 is 4.79 Å². The van der Waals surface area contributed by atoms with Crippen molar-refractivity contribution in [1.82, 2.24) is 9.88 Å². The monoisotopic (exact) mass is 296 g/mol. The Hall–Kier alpha value is -1.30. The molecule has 1 aliphatic rings. The van der Waals surface area contributed by atoms with E-state index in [1.807, 2.05) is 11.8 Å².